The van der Waals surface area contributed by atoms with E-state index in [2.05, 4.69) is 5.32 Å². The first-order chi connectivity index (χ1) is 11.6. The van der Waals surface area contributed by atoms with Crippen LogP contribution in [0, 0.1) is 0 Å². The molecule has 2 fully saturated rings. The molecule has 7 heteroatoms. The molecule has 7 nitrogen and oxygen atoms in total. The number of piperidine rings is 1. The molecule has 24 heavy (non-hydrogen) atoms. The van der Waals surface area contributed by atoms with Crippen LogP contribution < -0.4 is 5.32 Å². The molecule has 0 spiro atoms. The van der Waals surface area contributed by atoms with Gasteiger partial charge in [0, 0.05) is 32.2 Å². The molecular formula is C17H21N3O4. The van der Waals surface area contributed by atoms with Crippen LogP contribution in [0.1, 0.15) is 29.6 Å². The second-order valence-electron chi connectivity index (χ2n) is 6.02. The van der Waals surface area contributed by atoms with Crippen LogP contribution in [-0.4, -0.2) is 60.1 Å². The Morgan fingerprint density at radius 2 is 1.79 bits per heavy atom. The number of nitrogens with one attached hydrogen (secondary N) is 1. The summed E-state index contributed by atoms with van der Waals surface area (Å²) >= 11 is 0. The van der Waals surface area contributed by atoms with E-state index in [-0.39, 0.29) is 12.1 Å². The Morgan fingerprint density at radius 1 is 1.08 bits per heavy atom. The highest BCUT2D eigenvalue weighted by Gasteiger charge is 2.31. The highest BCUT2D eigenvalue weighted by molar-refractivity contribution is 5.96. The number of hydrogen-bond acceptors (Lipinski definition) is 4. The Labute approximate surface area is 140 Å². The highest BCUT2D eigenvalue weighted by atomic mass is 16.6. The summed E-state index contributed by atoms with van der Waals surface area (Å²) in [5.74, 6) is -0.641. The first-order valence-corrected chi connectivity index (χ1v) is 8.26. The van der Waals surface area contributed by atoms with Gasteiger partial charge in [-0.25, -0.2) is 14.4 Å². The molecule has 0 radical (unpaired) electrons. The maximum Gasteiger partial charge on any atom is 0.417 e. The van der Waals surface area contributed by atoms with Crippen LogP contribution in [0.3, 0.4) is 0 Å². The fraction of sp³-hybridized carbons (Fsp3) is 0.471. The van der Waals surface area contributed by atoms with Crippen LogP contribution in [0.2, 0.25) is 0 Å². The highest BCUT2D eigenvalue weighted by Crippen LogP contribution is 2.19. The number of benzene rings is 1. The van der Waals surface area contributed by atoms with E-state index < -0.39 is 12.1 Å². The molecule has 0 aromatic heterocycles. The van der Waals surface area contributed by atoms with Gasteiger partial charge in [-0.3, -0.25) is 0 Å². The van der Waals surface area contributed by atoms with Crippen molar-refractivity contribution in [3.05, 3.63) is 35.9 Å². The van der Waals surface area contributed by atoms with Crippen LogP contribution >= 0.6 is 0 Å². The van der Waals surface area contributed by atoms with E-state index >= 15 is 0 Å². The van der Waals surface area contributed by atoms with Crippen molar-refractivity contribution in [1.29, 1.82) is 0 Å². The molecule has 2 aliphatic heterocycles. The second kappa shape index (κ2) is 7.33. The lowest BCUT2D eigenvalue weighted by Gasteiger charge is -2.39. The topological polar surface area (TPSA) is 79.0 Å². The number of amides is 3. The summed E-state index contributed by atoms with van der Waals surface area (Å²) in [6.45, 7) is 2.44. The summed E-state index contributed by atoms with van der Waals surface area (Å²) in [6.07, 6.45) is 1.72. The van der Waals surface area contributed by atoms with E-state index in [0.717, 1.165) is 19.5 Å². The van der Waals surface area contributed by atoms with Crippen molar-refractivity contribution in [1.82, 2.24) is 15.1 Å². The molecular weight excluding hydrogens is 310 g/mol. The third-order valence-electron chi connectivity index (χ3n) is 4.47. The fourth-order valence-corrected chi connectivity index (χ4v) is 3.13. The molecule has 128 valence electrons. The molecule has 2 saturated heterocycles. The van der Waals surface area contributed by atoms with Gasteiger partial charge >= 0.3 is 18.1 Å². The largest absolute Gasteiger partial charge is 0.417 e. The summed E-state index contributed by atoms with van der Waals surface area (Å²) in [4.78, 5) is 39.3. The number of rotatable bonds is 2. The van der Waals surface area contributed by atoms with Crippen LogP contribution in [0.15, 0.2) is 30.3 Å². The monoisotopic (exact) mass is 331 g/mol. The van der Waals surface area contributed by atoms with Crippen molar-refractivity contribution in [2.24, 2.45) is 0 Å². The van der Waals surface area contributed by atoms with Crippen molar-refractivity contribution >= 4 is 18.1 Å². The van der Waals surface area contributed by atoms with Crippen LogP contribution in [-0.2, 0) is 4.74 Å². The molecule has 0 saturated carbocycles. The predicted octanol–water partition coefficient (Wildman–Crippen LogP) is 1.84. The lowest BCUT2D eigenvalue weighted by molar-refractivity contribution is 0.0492. The molecule has 0 aliphatic carbocycles. The van der Waals surface area contributed by atoms with Crippen molar-refractivity contribution in [3.8, 4) is 0 Å². The Bertz CT molecular complexity index is 612. The lowest BCUT2D eigenvalue weighted by atomic mass is 10.0. The lowest BCUT2D eigenvalue weighted by Crippen LogP contribution is -2.54. The predicted molar refractivity (Wildman–Crippen MR) is 86.6 cm³/mol. The average Bonchev–Trinajstić information content (AvgIpc) is 2.63. The third-order valence-corrected chi connectivity index (χ3v) is 4.47. The van der Waals surface area contributed by atoms with Gasteiger partial charge in [0.25, 0.3) is 0 Å². The van der Waals surface area contributed by atoms with Crippen LogP contribution in [0.5, 0.6) is 0 Å². The Hall–Kier alpha value is -2.57. The quantitative estimate of drug-likeness (QED) is 0.662. The minimum absolute atomic E-state index is 0.0264. The third kappa shape index (κ3) is 3.67. The minimum Gasteiger partial charge on any atom is -0.372 e. The van der Waals surface area contributed by atoms with Crippen molar-refractivity contribution in [2.45, 2.75) is 25.3 Å². The number of hydrogen-bond donors (Lipinski definition) is 1. The molecule has 3 rings (SSSR count). The van der Waals surface area contributed by atoms with Gasteiger partial charge in [0.1, 0.15) is 0 Å². The summed E-state index contributed by atoms with van der Waals surface area (Å²) in [5, 5.41) is 2.84. The van der Waals surface area contributed by atoms with E-state index in [4.69, 9.17) is 4.74 Å². The van der Waals surface area contributed by atoms with Gasteiger partial charge in [0.05, 0.1) is 5.56 Å². The van der Waals surface area contributed by atoms with Crippen LogP contribution in [0.4, 0.5) is 9.59 Å². The molecule has 3 amide bonds. The number of esters is 1. The van der Waals surface area contributed by atoms with E-state index in [0.29, 0.717) is 31.5 Å². The first-order valence-electron chi connectivity index (χ1n) is 8.26. The summed E-state index contributed by atoms with van der Waals surface area (Å²) in [7, 11) is 0. The Balaban J connectivity index is 1.50. The van der Waals surface area contributed by atoms with Gasteiger partial charge in [-0.05, 0) is 31.4 Å². The Kier molecular flexibility index (Phi) is 4.98. The standard InChI is InChI=1S/C17H21N3O4/c21-15(13-5-2-1-3-6-13)24-17(23)19-11-7-14(8-12-19)20-10-4-9-18-16(20)22/h1-3,5-6,14H,4,7-12H2,(H,18,22). The molecule has 1 aromatic carbocycles. The molecule has 0 atom stereocenters. The number of ether oxygens (including phenoxy) is 1. The fourth-order valence-electron chi connectivity index (χ4n) is 3.13. The van der Waals surface area contributed by atoms with Crippen molar-refractivity contribution < 1.29 is 19.1 Å². The summed E-state index contributed by atoms with van der Waals surface area (Å²) in [6, 6.07) is 8.56. The van der Waals surface area contributed by atoms with Gasteiger partial charge in [-0.2, -0.15) is 0 Å². The van der Waals surface area contributed by atoms with E-state index in [9.17, 15) is 14.4 Å². The molecule has 2 heterocycles. The Morgan fingerprint density at radius 3 is 2.46 bits per heavy atom. The minimum atomic E-state index is -0.641. The molecule has 1 aromatic rings. The maximum absolute atomic E-state index is 12.1. The zero-order valence-corrected chi connectivity index (χ0v) is 13.4. The molecule has 0 unspecified atom stereocenters. The number of nitrogens with zero attached hydrogens (tertiary/aromatic N) is 2. The van der Waals surface area contributed by atoms with Gasteiger partial charge < -0.3 is 19.9 Å². The van der Waals surface area contributed by atoms with Crippen LogP contribution in [0.25, 0.3) is 0 Å². The number of carbonyl (C=O) groups excluding carboxylic acids is 3. The number of urea groups is 1. The normalized spacial score (nSPS) is 18.9. The molecule has 0 bridgehead atoms. The smallest absolute Gasteiger partial charge is 0.372 e. The van der Waals surface area contributed by atoms with Gasteiger partial charge in [-0.15, -0.1) is 0 Å². The number of likely N-dealkylation sites (tertiary alicyclic amines) is 1. The van der Waals surface area contributed by atoms with Gasteiger partial charge in [-0.1, -0.05) is 18.2 Å². The number of carbonyl (C=O) groups is 3. The zero-order valence-electron chi connectivity index (χ0n) is 13.4. The van der Waals surface area contributed by atoms with E-state index in [1.54, 1.807) is 30.3 Å². The SMILES string of the molecule is O=C(OC(=O)N1CCC(N2CCCNC2=O)CC1)c1ccccc1. The van der Waals surface area contributed by atoms with Gasteiger partial charge in [0.15, 0.2) is 0 Å². The second-order valence-corrected chi connectivity index (χ2v) is 6.02. The summed E-state index contributed by atoms with van der Waals surface area (Å²) < 4.78 is 4.93. The van der Waals surface area contributed by atoms with Crippen molar-refractivity contribution in [3.63, 3.8) is 0 Å². The first kappa shape index (κ1) is 16.3. The van der Waals surface area contributed by atoms with E-state index in [1.807, 2.05) is 4.90 Å². The molecule has 1 N–H and O–H groups in total. The zero-order chi connectivity index (χ0) is 16.9. The average molecular weight is 331 g/mol. The maximum atomic E-state index is 12.1. The van der Waals surface area contributed by atoms with E-state index in [1.165, 1.54) is 4.90 Å². The molecule has 2 aliphatic rings. The van der Waals surface area contributed by atoms with Gasteiger partial charge in [0.2, 0.25) is 0 Å². The summed E-state index contributed by atoms with van der Waals surface area (Å²) in [5.41, 5.74) is 0.353. The van der Waals surface area contributed by atoms with Crippen molar-refractivity contribution in [2.75, 3.05) is 26.2 Å².